The average molecular weight is 425 g/mol. The second-order valence-electron chi connectivity index (χ2n) is 4.85. The maximum Gasteiger partial charge on any atom is 0.330 e. The summed E-state index contributed by atoms with van der Waals surface area (Å²) in [6.07, 6.45) is -1.03. The highest BCUT2D eigenvalue weighted by atomic mass is 127. The van der Waals surface area contributed by atoms with Crippen LogP contribution in [0.2, 0.25) is 0 Å². The van der Waals surface area contributed by atoms with Crippen LogP contribution in [-0.2, 0) is 16.1 Å². The van der Waals surface area contributed by atoms with Crippen LogP contribution in [0.3, 0.4) is 0 Å². The summed E-state index contributed by atoms with van der Waals surface area (Å²) in [4.78, 5) is 37.0. The Morgan fingerprint density at radius 2 is 2.27 bits per heavy atom. The summed E-state index contributed by atoms with van der Waals surface area (Å²) in [5.74, 6) is -0.231. The number of carbonyl (C=O) groups is 1. The standard InChI is InChI=1S/C12H16IN3O6/c13-2-9(19)14-3-6-4-16(12(21)15-11(6)20)10-1-7(18)8(5-17)22-10/h4,7-8,10,17-18H,1-3,5H2,(H,14,19)(H,15,20,21)/t7-,8+,10+/m0/s1. The maximum absolute atomic E-state index is 11.9. The Labute approximate surface area is 138 Å². The highest BCUT2D eigenvalue weighted by molar-refractivity contribution is 14.1. The molecule has 0 bridgehead atoms. The molecule has 2 heterocycles. The third-order valence-electron chi connectivity index (χ3n) is 3.33. The van der Waals surface area contributed by atoms with Crippen LogP contribution < -0.4 is 16.6 Å². The van der Waals surface area contributed by atoms with E-state index in [9.17, 15) is 19.5 Å². The van der Waals surface area contributed by atoms with Gasteiger partial charge in [0.15, 0.2) is 0 Å². The van der Waals surface area contributed by atoms with Crippen LogP contribution in [0.4, 0.5) is 0 Å². The van der Waals surface area contributed by atoms with Crippen molar-refractivity contribution in [2.24, 2.45) is 0 Å². The van der Waals surface area contributed by atoms with Gasteiger partial charge < -0.3 is 20.3 Å². The number of halogens is 1. The molecular weight excluding hydrogens is 409 g/mol. The Hall–Kier alpha value is -1.24. The lowest BCUT2D eigenvalue weighted by atomic mass is 10.2. The molecule has 4 N–H and O–H groups in total. The van der Waals surface area contributed by atoms with Crippen molar-refractivity contribution in [3.8, 4) is 0 Å². The fourth-order valence-electron chi connectivity index (χ4n) is 2.16. The molecule has 0 unspecified atom stereocenters. The maximum atomic E-state index is 11.9. The number of aliphatic hydroxyl groups excluding tert-OH is 2. The molecule has 1 aromatic rings. The molecule has 1 aliphatic heterocycles. The summed E-state index contributed by atoms with van der Waals surface area (Å²) in [6, 6.07) is 0. The molecule has 22 heavy (non-hydrogen) atoms. The summed E-state index contributed by atoms with van der Waals surface area (Å²) in [5.41, 5.74) is -1.07. The predicted octanol–water partition coefficient (Wildman–Crippen LogP) is -1.77. The third-order valence-corrected chi connectivity index (χ3v) is 4.03. The minimum atomic E-state index is -0.893. The number of amides is 1. The van der Waals surface area contributed by atoms with E-state index in [4.69, 9.17) is 9.84 Å². The molecule has 9 nitrogen and oxygen atoms in total. The molecule has 0 radical (unpaired) electrons. The monoisotopic (exact) mass is 425 g/mol. The first-order chi connectivity index (χ1) is 10.5. The Kier molecular flexibility index (Phi) is 5.72. The number of aromatic nitrogens is 2. The van der Waals surface area contributed by atoms with Gasteiger partial charge in [-0.25, -0.2) is 4.79 Å². The molecule has 122 valence electrons. The van der Waals surface area contributed by atoms with Crippen molar-refractivity contribution in [3.63, 3.8) is 0 Å². The van der Waals surface area contributed by atoms with Crippen molar-refractivity contribution in [3.05, 3.63) is 32.6 Å². The molecule has 1 aliphatic rings. The van der Waals surface area contributed by atoms with Crippen LogP contribution in [0.5, 0.6) is 0 Å². The lowest BCUT2D eigenvalue weighted by Crippen LogP contribution is -2.36. The molecule has 2 rings (SSSR count). The van der Waals surface area contributed by atoms with Crippen molar-refractivity contribution in [2.45, 2.75) is 31.4 Å². The zero-order valence-electron chi connectivity index (χ0n) is 11.5. The fraction of sp³-hybridized carbons (Fsp3) is 0.583. The Morgan fingerprint density at radius 1 is 1.55 bits per heavy atom. The van der Waals surface area contributed by atoms with E-state index in [-0.39, 0.29) is 35.5 Å². The first-order valence-corrected chi connectivity index (χ1v) is 8.10. The molecule has 1 amide bonds. The van der Waals surface area contributed by atoms with Crippen LogP contribution in [0.1, 0.15) is 18.2 Å². The zero-order valence-corrected chi connectivity index (χ0v) is 13.6. The number of aliphatic hydroxyl groups is 2. The molecule has 0 spiro atoms. The van der Waals surface area contributed by atoms with Gasteiger partial charge in [-0.05, 0) is 0 Å². The van der Waals surface area contributed by atoms with Crippen LogP contribution in [0, 0.1) is 0 Å². The second kappa shape index (κ2) is 7.35. The normalized spacial score (nSPS) is 24.4. The number of ether oxygens (including phenoxy) is 1. The quantitative estimate of drug-likeness (QED) is 0.326. The van der Waals surface area contributed by atoms with Gasteiger partial charge in [-0.1, -0.05) is 22.6 Å². The van der Waals surface area contributed by atoms with Gasteiger partial charge in [0, 0.05) is 19.2 Å². The van der Waals surface area contributed by atoms with Gasteiger partial charge in [0.05, 0.1) is 22.7 Å². The Bertz CT molecular complexity index is 657. The van der Waals surface area contributed by atoms with Gasteiger partial charge in [0.1, 0.15) is 12.3 Å². The number of carbonyl (C=O) groups excluding carboxylic acids is 1. The molecule has 3 atom stereocenters. The number of nitrogens with zero attached hydrogens (tertiary/aromatic N) is 1. The number of alkyl halides is 1. The summed E-state index contributed by atoms with van der Waals surface area (Å²) >= 11 is 1.89. The van der Waals surface area contributed by atoms with Crippen LogP contribution >= 0.6 is 22.6 Å². The molecule has 0 aliphatic carbocycles. The van der Waals surface area contributed by atoms with Crippen LogP contribution in [-0.4, -0.2) is 48.9 Å². The lowest BCUT2D eigenvalue weighted by Gasteiger charge is -2.15. The molecule has 0 saturated carbocycles. The topological polar surface area (TPSA) is 134 Å². The van der Waals surface area contributed by atoms with E-state index in [1.807, 2.05) is 22.6 Å². The first-order valence-electron chi connectivity index (χ1n) is 6.57. The van der Waals surface area contributed by atoms with Crippen LogP contribution in [0.15, 0.2) is 15.8 Å². The predicted molar refractivity (Wildman–Crippen MR) is 83.7 cm³/mol. The van der Waals surface area contributed by atoms with Crippen molar-refractivity contribution < 1.29 is 19.7 Å². The van der Waals surface area contributed by atoms with E-state index in [1.165, 1.54) is 6.20 Å². The first kappa shape index (κ1) is 17.1. The van der Waals surface area contributed by atoms with Gasteiger partial charge in [-0.15, -0.1) is 0 Å². The Balaban J connectivity index is 2.23. The minimum Gasteiger partial charge on any atom is -0.394 e. The van der Waals surface area contributed by atoms with E-state index in [2.05, 4.69) is 10.3 Å². The highest BCUT2D eigenvalue weighted by Gasteiger charge is 2.35. The number of hydrogen-bond donors (Lipinski definition) is 4. The van der Waals surface area contributed by atoms with Gasteiger partial charge in [-0.3, -0.25) is 19.1 Å². The molecule has 10 heteroatoms. The Morgan fingerprint density at radius 3 is 2.86 bits per heavy atom. The van der Waals surface area contributed by atoms with E-state index < -0.39 is 29.7 Å². The smallest absolute Gasteiger partial charge is 0.330 e. The van der Waals surface area contributed by atoms with Crippen LogP contribution in [0.25, 0.3) is 0 Å². The third kappa shape index (κ3) is 3.74. The van der Waals surface area contributed by atoms with Gasteiger partial charge in [0.25, 0.3) is 5.56 Å². The largest absolute Gasteiger partial charge is 0.394 e. The van der Waals surface area contributed by atoms with Crippen molar-refractivity contribution in [1.82, 2.24) is 14.9 Å². The van der Waals surface area contributed by atoms with E-state index in [1.54, 1.807) is 0 Å². The highest BCUT2D eigenvalue weighted by Crippen LogP contribution is 2.27. The van der Waals surface area contributed by atoms with E-state index in [0.717, 1.165) is 4.57 Å². The number of rotatable bonds is 5. The average Bonchev–Trinajstić information content (AvgIpc) is 2.86. The van der Waals surface area contributed by atoms with Crippen molar-refractivity contribution >= 4 is 28.5 Å². The van der Waals surface area contributed by atoms with Gasteiger partial charge in [0.2, 0.25) is 5.91 Å². The molecular formula is C12H16IN3O6. The molecule has 0 aromatic carbocycles. The zero-order chi connectivity index (χ0) is 16.3. The fourth-order valence-corrected chi connectivity index (χ4v) is 2.43. The van der Waals surface area contributed by atoms with E-state index in [0.29, 0.717) is 0 Å². The minimum absolute atomic E-state index is 0.0177. The SMILES string of the molecule is O=C(CI)NCc1cn([C@H]2C[C@H](O)[C@@H](CO)O2)c(=O)[nH]c1=O. The van der Waals surface area contributed by atoms with Crippen molar-refractivity contribution in [2.75, 3.05) is 11.0 Å². The second-order valence-corrected chi connectivity index (χ2v) is 5.61. The number of hydrogen-bond acceptors (Lipinski definition) is 6. The summed E-state index contributed by atoms with van der Waals surface area (Å²) in [7, 11) is 0. The molecule has 1 aromatic heterocycles. The number of nitrogens with one attached hydrogen (secondary N) is 2. The van der Waals surface area contributed by atoms with Gasteiger partial charge in [-0.2, -0.15) is 0 Å². The van der Waals surface area contributed by atoms with Crippen molar-refractivity contribution in [1.29, 1.82) is 0 Å². The summed E-state index contributed by atoms with van der Waals surface area (Å²) in [5, 5.41) is 21.3. The number of H-pyrrole nitrogens is 1. The molecule has 1 saturated heterocycles. The number of aromatic amines is 1. The van der Waals surface area contributed by atoms with Gasteiger partial charge >= 0.3 is 5.69 Å². The summed E-state index contributed by atoms with van der Waals surface area (Å²) in [6.45, 7) is -0.384. The summed E-state index contributed by atoms with van der Waals surface area (Å²) < 4.78 is 6.78. The molecule has 1 fully saturated rings. The lowest BCUT2D eigenvalue weighted by molar-refractivity contribution is -0.118. The van der Waals surface area contributed by atoms with E-state index >= 15 is 0 Å².